The summed E-state index contributed by atoms with van der Waals surface area (Å²) in [6.45, 7) is 5.90. The molecule has 0 spiro atoms. The molecule has 0 radical (unpaired) electrons. The summed E-state index contributed by atoms with van der Waals surface area (Å²) in [5, 5.41) is 14.1. The average molecular weight is 468 g/mol. The number of nitro groups is 1. The van der Waals surface area contributed by atoms with Gasteiger partial charge in [0.05, 0.1) is 10.3 Å². The van der Waals surface area contributed by atoms with Crippen LogP contribution in [0.2, 0.25) is 0 Å². The van der Waals surface area contributed by atoms with Crippen LogP contribution < -0.4 is 10.1 Å². The SMILES string of the molecule is CC1CCCCN1CCOc1ccc(NC(=O)C2(c3ccc([N+](=O)[O-])cc3)CCOCC2)cc1. The quantitative estimate of drug-likeness (QED) is 0.453. The fraction of sp³-hybridized carbons (Fsp3) is 0.500. The van der Waals surface area contributed by atoms with Gasteiger partial charge in [-0.2, -0.15) is 0 Å². The Hall–Kier alpha value is -2.97. The van der Waals surface area contributed by atoms with Crippen LogP contribution in [0.4, 0.5) is 11.4 Å². The number of nitrogens with zero attached hydrogens (tertiary/aromatic N) is 2. The summed E-state index contributed by atoms with van der Waals surface area (Å²) in [6.07, 6.45) is 4.86. The van der Waals surface area contributed by atoms with Crippen LogP contribution in [0, 0.1) is 10.1 Å². The third-order valence-corrected chi connectivity index (χ3v) is 7.11. The summed E-state index contributed by atoms with van der Waals surface area (Å²) in [6, 6.07) is 14.3. The van der Waals surface area contributed by atoms with Gasteiger partial charge in [0.15, 0.2) is 0 Å². The molecule has 2 heterocycles. The highest BCUT2D eigenvalue weighted by atomic mass is 16.6. The predicted molar refractivity (Wildman–Crippen MR) is 130 cm³/mol. The summed E-state index contributed by atoms with van der Waals surface area (Å²) in [5.74, 6) is 0.649. The molecule has 1 amide bonds. The highest BCUT2D eigenvalue weighted by molar-refractivity contribution is 5.99. The first-order valence-corrected chi connectivity index (χ1v) is 12.1. The molecule has 1 unspecified atom stereocenters. The van der Waals surface area contributed by atoms with Crippen molar-refractivity contribution in [2.75, 3.05) is 38.2 Å². The summed E-state index contributed by atoms with van der Waals surface area (Å²) in [5.41, 5.74) is 0.686. The third kappa shape index (κ3) is 5.56. The predicted octanol–water partition coefficient (Wildman–Crippen LogP) is 4.53. The van der Waals surface area contributed by atoms with E-state index in [0.717, 1.165) is 24.4 Å². The minimum atomic E-state index is -0.784. The van der Waals surface area contributed by atoms with E-state index in [1.807, 2.05) is 24.3 Å². The zero-order valence-electron chi connectivity index (χ0n) is 19.7. The third-order valence-electron chi connectivity index (χ3n) is 7.11. The standard InChI is InChI=1S/C26H33N3O5/c1-20-4-2-3-15-28(20)16-19-34-24-11-7-22(8-12-24)27-25(30)26(13-17-33-18-14-26)21-5-9-23(10-6-21)29(31)32/h5-12,20H,2-4,13-19H2,1H3,(H,27,30). The number of amides is 1. The van der Waals surface area contributed by atoms with Gasteiger partial charge in [-0.25, -0.2) is 0 Å². The second-order valence-corrected chi connectivity index (χ2v) is 9.21. The van der Waals surface area contributed by atoms with E-state index in [0.29, 0.717) is 44.4 Å². The van der Waals surface area contributed by atoms with Crippen molar-refractivity contribution >= 4 is 17.3 Å². The molecular weight excluding hydrogens is 434 g/mol. The first kappa shape index (κ1) is 24.2. The normalized spacial score (nSPS) is 20.4. The number of non-ortho nitro benzene ring substituents is 1. The molecule has 1 N–H and O–H groups in total. The molecule has 4 rings (SSSR count). The van der Waals surface area contributed by atoms with Crippen LogP contribution in [0.3, 0.4) is 0 Å². The Morgan fingerprint density at radius 3 is 2.50 bits per heavy atom. The molecule has 2 aliphatic heterocycles. The molecule has 2 aliphatic rings. The van der Waals surface area contributed by atoms with E-state index in [1.165, 1.54) is 31.4 Å². The van der Waals surface area contributed by atoms with E-state index in [4.69, 9.17) is 9.47 Å². The number of likely N-dealkylation sites (tertiary alicyclic amines) is 1. The van der Waals surface area contributed by atoms with Gasteiger partial charge in [0.2, 0.25) is 5.91 Å². The molecule has 2 fully saturated rings. The van der Waals surface area contributed by atoms with E-state index in [1.54, 1.807) is 12.1 Å². The van der Waals surface area contributed by atoms with Crippen molar-refractivity contribution in [1.29, 1.82) is 0 Å². The second-order valence-electron chi connectivity index (χ2n) is 9.21. The van der Waals surface area contributed by atoms with Crippen molar-refractivity contribution < 1.29 is 19.2 Å². The number of hydrogen-bond donors (Lipinski definition) is 1. The lowest BCUT2D eigenvalue weighted by Crippen LogP contribution is -2.44. The number of ether oxygens (including phenoxy) is 2. The number of nitrogens with one attached hydrogen (secondary N) is 1. The number of carbonyl (C=O) groups is 1. The minimum Gasteiger partial charge on any atom is -0.492 e. The van der Waals surface area contributed by atoms with E-state index < -0.39 is 10.3 Å². The Bertz CT molecular complexity index is 971. The lowest BCUT2D eigenvalue weighted by atomic mass is 9.73. The highest BCUT2D eigenvalue weighted by Gasteiger charge is 2.42. The van der Waals surface area contributed by atoms with Crippen molar-refractivity contribution in [1.82, 2.24) is 4.90 Å². The van der Waals surface area contributed by atoms with Crippen LogP contribution in [0.1, 0.15) is 44.6 Å². The van der Waals surface area contributed by atoms with Crippen LogP contribution in [0.25, 0.3) is 0 Å². The van der Waals surface area contributed by atoms with Crippen LogP contribution in [-0.2, 0) is 14.9 Å². The molecule has 8 nitrogen and oxygen atoms in total. The van der Waals surface area contributed by atoms with Crippen molar-refractivity contribution in [3.63, 3.8) is 0 Å². The summed E-state index contributed by atoms with van der Waals surface area (Å²) in [7, 11) is 0. The molecule has 2 aromatic rings. The Morgan fingerprint density at radius 1 is 1.15 bits per heavy atom. The minimum absolute atomic E-state index is 0.0108. The number of benzene rings is 2. The first-order chi connectivity index (χ1) is 16.5. The largest absolute Gasteiger partial charge is 0.492 e. The topological polar surface area (TPSA) is 93.9 Å². The van der Waals surface area contributed by atoms with Crippen LogP contribution in [-0.4, -0.2) is 54.7 Å². The molecule has 2 saturated heterocycles. The molecule has 34 heavy (non-hydrogen) atoms. The molecule has 0 aromatic heterocycles. The maximum atomic E-state index is 13.4. The van der Waals surface area contributed by atoms with Crippen molar-refractivity contribution in [3.05, 3.63) is 64.2 Å². The van der Waals surface area contributed by atoms with Gasteiger partial charge < -0.3 is 14.8 Å². The monoisotopic (exact) mass is 467 g/mol. The molecule has 2 aromatic carbocycles. The Kier molecular flexibility index (Phi) is 7.80. The Labute approximate surface area is 200 Å². The van der Waals surface area contributed by atoms with Crippen LogP contribution >= 0.6 is 0 Å². The maximum absolute atomic E-state index is 13.4. The molecule has 8 heteroatoms. The summed E-state index contributed by atoms with van der Waals surface area (Å²) < 4.78 is 11.4. The number of carbonyl (C=O) groups excluding carboxylic acids is 1. The number of nitro benzene ring substituents is 1. The number of piperidine rings is 1. The molecule has 1 atom stereocenters. The average Bonchev–Trinajstić information content (AvgIpc) is 2.86. The molecular formula is C26H33N3O5. The van der Waals surface area contributed by atoms with Crippen LogP contribution in [0.5, 0.6) is 5.75 Å². The maximum Gasteiger partial charge on any atom is 0.269 e. The van der Waals surface area contributed by atoms with Crippen molar-refractivity contribution in [2.24, 2.45) is 0 Å². The fourth-order valence-corrected chi connectivity index (χ4v) is 4.92. The first-order valence-electron chi connectivity index (χ1n) is 12.1. The molecule has 0 bridgehead atoms. The lowest BCUT2D eigenvalue weighted by molar-refractivity contribution is -0.384. The Morgan fingerprint density at radius 2 is 1.85 bits per heavy atom. The Balaban J connectivity index is 1.38. The van der Waals surface area contributed by atoms with Crippen molar-refractivity contribution in [3.8, 4) is 5.75 Å². The van der Waals surface area contributed by atoms with Crippen LogP contribution in [0.15, 0.2) is 48.5 Å². The number of hydrogen-bond acceptors (Lipinski definition) is 6. The summed E-state index contributed by atoms with van der Waals surface area (Å²) >= 11 is 0. The summed E-state index contributed by atoms with van der Waals surface area (Å²) in [4.78, 5) is 26.5. The highest BCUT2D eigenvalue weighted by Crippen LogP contribution is 2.37. The van der Waals surface area contributed by atoms with Gasteiger partial charge in [0.25, 0.3) is 5.69 Å². The zero-order valence-corrected chi connectivity index (χ0v) is 19.7. The molecule has 182 valence electrons. The van der Waals surface area contributed by atoms with Gasteiger partial charge in [-0.15, -0.1) is 0 Å². The molecule has 0 saturated carbocycles. The van der Waals surface area contributed by atoms with E-state index in [2.05, 4.69) is 17.1 Å². The lowest BCUT2D eigenvalue weighted by Gasteiger charge is -2.36. The van der Waals surface area contributed by atoms with E-state index in [-0.39, 0.29) is 11.6 Å². The number of anilines is 1. The van der Waals surface area contributed by atoms with E-state index in [9.17, 15) is 14.9 Å². The van der Waals surface area contributed by atoms with Crippen molar-refractivity contribution in [2.45, 2.75) is 50.5 Å². The smallest absolute Gasteiger partial charge is 0.269 e. The van der Waals surface area contributed by atoms with Gasteiger partial charge in [-0.1, -0.05) is 18.6 Å². The number of rotatable bonds is 8. The van der Waals surface area contributed by atoms with Gasteiger partial charge in [0.1, 0.15) is 12.4 Å². The zero-order chi connectivity index (χ0) is 24.0. The van der Waals surface area contributed by atoms with E-state index >= 15 is 0 Å². The van der Waals surface area contributed by atoms with Gasteiger partial charge in [-0.05, 0) is 69.0 Å². The van der Waals surface area contributed by atoms with Gasteiger partial charge >= 0.3 is 0 Å². The second kappa shape index (κ2) is 11.0. The fourth-order valence-electron chi connectivity index (χ4n) is 4.92. The molecule has 0 aliphatic carbocycles. The van der Waals surface area contributed by atoms with Gasteiger partial charge in [0, 0.05) is 43.6 Å². The van der Waals surface area contributed by atoms with Gasteiger partial charge in [-0.3, -0.25) is 19.8 Å².